The van der Waals surface area contributed by atoms with Gasteiger partial charge in [0, 0.05) is 85.8 Å². The molecule has 0 spiro atoms. The number of amidine groups is 1. The minimum Gasteiger partial charge on any atom is -0.486 e. The smallest absolute Gasteiger partial charge is 0.229 e. The number of rotatable bonds is 17. The van der Waals surface area contributed by atoms with Crippen molar-refractivity contribution in [1.29, 1.82) is 0 Å². The zero-order chi connectivity index (χ0) is 43.0. The number of allylic oxidation sites excluding steroid dienone is 2. The number of aliphatic imine (C=N–C) groups is 1. The summed E-state index contributed by atoms with van der Waals surface area (Å²) in [5.74, 6) is 1.86. The Labute approximate surface area is 378 Å². The summed E-state index contributed by atoms with van der Waals surface area (Å²) in [7, 11) is 0. The summed E-state index contributed by atoms with van der Waals surface area (Å²) < 4.78 is 10.5. The number of carbonyl (C=O) groups excluding carboxylic acids is 2. The molecule has 1 fully saturated rings. The van der Waals surface area contributed by atoms with Crippen molar-refractivity contribution in [2.24, 2.45) is 4.99 Å². The number of nitrogens with one attached hydrogen (secondary N) is 2. The third kappa shape index (κ3) is 10.4. The molecule has 4 aliphatic heterocycles. The molecule has 0 atom stereocenters. The number of piperazine rings is 1. The lowest BCUT2D eigenvalue weighted by atomic mass is 10.1. The molecule has 2 N–H and O–H groups in total. The number of unbranched alkanes of at least 4 members (excludes halogenated alkanes) is 3. The van der Waals surface area contributed by atoms with Crippen molar-refractivity contribution < 1.29 is 18.9 Å². The number of aromatic nitrogens is 1. The van der Waals surface area contributed by atoms with Crippen molar-refractivity contribution in [2.45, 2.75) is 51.6 Å². The van der Waals surface area contributed by atoms with Gasteiger partial charge >= 0.3 is 0 Å². The van der Waals surface area contributed by atoms with E-state index in [1.54, 1.807) is 11.3 Å². The van der Waals surface area contributed by atoms with Gasteiger partial charge in [0.15, 0.2) is 5.78 Å². The molecule has 10 nitrogen and oxygen atoms in total. The Morgan fingerprint density at radius 3 is 2.54 bits per heavy atom. The number of hydrogen-bond acceptors (Lipinski definition) is 8. The number of hydrogen-bond donors (Lipinski definition) is 2. The van der Waals surface area contributed by atoms with Gasteiger partial charge in [-0.1, -0.05) is 60.9 Å². The Bertz CT molecular complexity index is 2600. The van der Waals surface area contributed by atoms with Gasteiger partial charge in [0.25, 0.3) is 0 Å². The highest BCUT2D eigenvalue weighted by Gasteiger charge is 2.30. The summed E-state index contributed by atoms with van der Waals surface area (Å²) in [6.45, 7) is 6.11. The average molecular weight is 880 g/mol. The molecule has 63 heavy (non-hydrogen) atoms. The third-order valence-electron chi connectivity index (χ3n) is 12.0. The van der Waals surface area contributed by atoms with Crippen molar-refractivity contribution in [2.75, 3.05) is 51.2 Å². The molecule has 0 unspecified atom stereocenters. The van der Waals surface area contributed by atoms with Crippen LogP contribution in [0, 0.1) is 0 Å². The first-order chi connectivity index (χ1) is 30.9. The minimum atomic E-state index is 0.0706. The van der Waals surface area contributed by atoms with Gasteiger partial charge in [-0.05, 0) is 103 Å². The zero-order valence-electron chi connectivity index (χ0n) is 35.5. The van der Waals surface area contributed by atoms with Crippen LogP contribution < -0.4 is 15.4 Å². The molecule has 0 bridgehead atoms. The molecular formula is C51H53ClN7O3S+. The number of thiophene rings is 1. The number of ether oxygens (including phenoxy) is 1. The lowest BCUT2D eigenvalue weighted by Gasteiger charge is -2.36. The van der Waals surface area contributed by atoms with Gasteiger partial charge in [0.2, 0.25) is 24.0 Å². The number of halogens is 1. The van der Waals surface area contributed by atoms with Crippen molar-refractivity contribution in [3.05, 3.63) is 147 Å². The fourth-order valence-corrected chi connectivity index (χ4v) is 9.47. The maximum absolute atomic E-state index is 12.6. The Kier molecular flexibility index (Phi) is 13.4. The highest BCUT2D eigenvalue weighted by molar-refractivity contribution is 7.12. The van der Waals surface area contributed by atoms with E-state index >= 15 is 0 Å². The van der Waals surface area contributed by atoms with Crippen LogP contribution in [0.3, 0.4) is 0 Å². The molecule has 0 radical (unpaired) electrons. The van der Waals surface area contributed by atoms with Gasteiger partial charge in [0.1, 0.15) is 18.2 Å². The predicted molar refractivity (Wildman–Crippen MR) is 257 cm³/mol. The predicted octanol–water partition coefficient (Wildman–Crippen LogP) is 10.0. The zero-order valence-corrected chi connectivity index (χ0v) is 37.1. The lowest BCUT2D eigenvalue weighted by molar-refractivity contribution is -0.503. The van der Waals surface area contributed by atoms with Crippen LogP contribution in [0.2, 0.25) is 5.02 Å². The molecular weight excluding hydrogens is 826 g/mol. The largest absolute Gasteiger partial charge is 0.486 e. The van der Waals surface area contributed by atoms with Crippen LogP contribution in [0.25, 0.3) is 18.2 Å². The van der Waals surface area contributed by atoms with E-state index in [0.717, 1.165) is 111 Å². The second-order valence-corrected chi connectivity index (χ2v) is 17.8. The molecule has 5 aromatic rings. The fourth-order valence-electron chi connectivity index (χ4n) is 8.54. The minimum absolute atomic E-state index is 0.0706. The van der Waals surface area contributed by atoms with Crippen LogP contribution >= 0.6 is 22.9 Å². The summed E-state index contributed by atoms with van der Waals surface area (Å²) in [4.78, 5) is 36.3. The number of carbonyl (C=O) groups is 2. The number of para-hydroxylation sites is 1. The van der Waals surface area contributed by atoms with E-state index < -0.39 is 0 Å². The third-order valence-corrected chi connectivity index (χ3v) is 13.1. The Hall–Kier alpha value is -6.01. The van der Waals surface area contributed by atoms with E-state index in [4.69, 9.17) is 21.3 Å². The van der Waals surface area contributed by atoms with Gasteiger partial charge in [-0.25, -0.2) is 4.99 Å². The van der Waals surface area contributed by atoms with E-state index in [1.807, 2.05) is 48.5 Å². The first-order valence-corrected chi connectivity index (χ1v) is 23.4. The average Bonchev–Trinajstić information content (AvgIpc) is 4.06. The van der Waals surface area contributed by atoms with Crippen LogP contribution in [-0.4, -0.2) is 88.1 Å². The van der Waals surface area contributed by atoms with Crippen molar-refractivity contribution in [3.8, 4) is 5.75 Å². The van der Waals surface area contributed by atoms with E-state index in [9.17, 15) is 9.59 Å². The van der Waals surface area contributed by atoms with Crippen molar-refractivity contribution in [1.82, 2.24) is 19.7 Å². The molecule has 3 aromatic carbocycles. The second kappa shape index (κ2) is 20.0. The molecule has 1 amide bonds. The van der Waals surface area contributed by atoms with E-state index in [2.05, 4.69) is 108 Å². The molecule has 6 heterocycles. The first kappa shape index (κ1) is 42.3. The maximum atomic E-state index is 12.6. The Morgan fingerprint density at radius 1 is 0.857 bits per heavy atom. The summed E-state index contributed by atoms with van der Waals surface area (Å²) in [6, 6.07) is 30.6. The molecule has 4 aliphatic rings. The number of benzene rings is 3. The number of ketones is 1. The van der Waals surface area contributed by atoms with Crippen LogP contribution in [-0.2, 0) is 16.3 Å². The summed E-state index contributed by atoms with van der Waals surface area (Å²) >= 11 is 8.09. The van der Waals surface area contributed by atoms with Crippen LogP contribution in [0.15, 0.2) is 119 Å². The second-order valence-electron chi connectivity index (χ2n) is 16.4. The SMILES string of the molecule is O=C(CCCCCCC(=O)NCCCN1CCN(C2=Nc3cc(Cl)ccc3Nc3ccccc32)CC1)COc1ccc(/C=C/c2ccc3n2C[N+]2=C(c4cccs4)C=CC2=C3)cc1. The summed E-state index contributed by atoms with van der Waals surface area (Å²) in [5, 5.41) is 9.43. The molecule has 2 aromatic heterocycles. The van der Waals surface area contributed by atoms with E-state index in [1.165, 1.54) is 22.0 Å². The van der Waals surface area contributed by atoms with Gasteiger partial charge in [-0.3, -0.25) is 19.1 Å². The molecule has 12 heteroatoms. The van der Waals surface area contributed by atoms with Gasteiger partial charge in [-0.2, -0.15) is 4.58 Å². The van der Waals surface area contributed by atoms with Gasteiger partial charge in [0.05, 0.1) is 21.9 Å². The molecule has 322 valence electrons. The van der Waals surface area contributed by atoms with Crippen molar-refractivity contribution in [3.63, 3.8) is 0 Å². The highest BCUT2D eigenvalue weighted by atomic mass is 35.5. The van der Waals surface area contributed by atoms with Crippen molar-refractivity contribution >= 4 is 81.5 Å². The topological polar surface area (TPSA) is 94.2 Å². The summed E-state index contributed by atoms with van der Waals surface area (Å²) in [6.07, 6.45) is 16.3. The maximum Gasteiger partial charge on any atom is 0.229 e. The lowest BCUT2D eigenvalue weighted by Crippen LogP contribution is -2.49. The normalized spacial score (nSPS) is 15.5. The molecule has 1 saturated heterocycles. The monoisotopic (exact) mass is 878 g/mol. The number of nitrogens with zero attached hydrogens (tertiary/aromatic N) is 5. The quantitative estimate of drug-likeness (QED) is 0.0714. The number of fused-ring (bicyclic) bond motifs is 4. The number of amides is 1. The van der Waals surface area contributed by atoms with E-state index in [0.29, 0.717) is 30.2 Å². The standard InChI is InChI=1S/C51H52ClN7O3S/c52-38-17-24-46-47(33-38)55-51(44-10-5-6-11-45(44)54-46)57-30-28-56(29-31-57)27-8-26-53-50(61)13-4-2-1-3-9-42(60)35-62-43-22-15-37(16-23-43)14-18-39-19-20-40-34-41-21-25-48(49-12-7-32-63-49)59(41)36-58(39)40/h5-7,10-12,14-25,32-34H,1-4,8-9,13,26-31,35-36H2,(H-,53,54,55,61)/p+1/b18-14+. The Balaban J connectivity index is 0.619. The van der Waals surface area contributed by atoms with E-state index in [-0.39, 0.29) is 18.3 Å². The number of anilines is 2. The number of Topliss-reactive ketones (excluding diaryl/α,β-unsaturated/α-hetero) is 1. The fraction of sp³-hybridized carbons (Fsp3) is 0.294. The van der Waals surface area contributed by atoms with Crippen LogP contribution in [0.5, 0.6) is 5.75 Å². The van der Waals surface area contributed by atoms with Gasteiger partial charge in [-0.15, -0.1) is 11.3 Å². The van der Waals surface area contributed by atoms with Crippen LogP contribution in [0.1, 0.15) is 72.3 Å². The highest BCUT2D eigenvalue weighted by Crippen LogP contribution is 2.37. The molecule has 0 aliphatic carbocycles. The first-order valence-electron chi connectivity index (χ1n) is 22.1. The van der Waals surface area contributed by atoms with Gasteiger partial charge < -0.3 is 20.3 Å². The molecule has 9 rings (SSSR count). The summed E-state index contributed by atoms with van der Waals surface area (Å²) in [5.41, 5.74) is 9.80. The molecule has 0 saturated carbocycles. The Morgan fingerprint density at radius 2 is 1.70 bits per heavy atom. The van der Waals surface area contributed by atoms with Crippen LogP contribution in [0.4, 0.5) is 17.1 Å².